The van der Waals surface area contributed by atoms with E-state index in [9.17, 15) is 0 Å². The van der Waals surface area contributed by atoms with E-state index in [1.807, 2.05) is 24.5 Å². The standard InChI is InChI=1S/C22H29N3O/c1-15(2)13-22(4,23)14-26-20-7-6-17(12-16(20)3)18-8-10-24-19-9-11-25(5)21(18)19/h6-12,15H,13-14,23H2,1-5H3. The molecule has 2 heterocycles. The molecule has 0 spiro atoms. The second-order valence-corrected chi connectivity index (χ2v) is 8.04. The van der Waals surface area contributed by atoms with Gasteiger partial charge in [0.15, 0.2) is 0 Å². The maximum Gasteiger partial charge on any atom is 0.122 e. The zero-order chi connectivity index (χ0) is 18.9. The summed E-state index contributed by atoms with van der Waals surface area (Å²) in [6, 6.07) is 10.4. The molecule has 0 radical (unpaired) electrons. The zero-order valence-corrected chi connectivity index (χ0v) is 16.4. The van der Waals surface area contributed by atoms with Crippen LogP contribution in [0, 0.1) is 12.8 Å². The lowest BCUT2D eigenvalue weighted by Gasteiger charge is -2.27. The van der Waals surface area contributed by atoms with Crippen LogP contribution in [0.15, 0.2) is 42.7 Å². The third kappa shape index (κ3) is 3.91. The van der Waals surface area contributed by atoms with Crippen LogP contribution in [0.5, 0.6) is 5.75 Å². The molecule has 2 aromatic heterocycles. The van der Waals surface area contributed by atoms with Crippen molar-refractivity contribution in [3.63, 3.8) is 0 Å². The molecule has 4 heteroatoms. The number of rotatable bonds is 6. The molecule has 0 aliphatic heterocycles. The summed E-state index contributed by atoms with van der Waals surface area (Å²) in [6.45, 7) is 9.02. The Balaban J connectivity index is 1.85. The van der Waals surface area contributed by atoms with E-state index < -0.39 is 0 Å². The highest BCUT2D eigenvalue weighted by atomic mass is 16.5. The highest BCUT2D eigenvalue weighted by Crippen LogP contribution is 2.31. The summed E-state index contributed by atoms with van der Waals surface area (Å²) in [5, 5.41) is 0. The smallest absolute Gasteiger partial charge is 0.122 e. The van der Waals surface area contributed by atoms with Crippen molar-refractivity contribution in [2.45, 2.75) is 39.7 Å². The first kappa shape index (κ1) is 18.5. The van der Waals surface area contributed by atoms with Crippen LogP contribution >= 0.6 is 0 Å². The summed E-state index contributed by atoms with van der Waals surface area (Å²) in [5.74, 6) is 1.45. The number of fused-ring (bicyclic) bond motifs is 1. The van der Waals surface area contributed by atoms with Crippen molar-refractivity contribution >= 4 is 11.0 Å². The molecule has 0 aliphatic rings. The summed E-state index contributed by atoms with van der Waals surface area (Å²) >= 11 is 0. The van der Waals surface area contributed by atoms with E-state index in [4.69, 9.17) is 10.5 Å². The number of hydrogen-bond acceptors (Lipinski definition) is 3. The minimum absolute atomic E-state index is 0.320. The maximum absolute atomic E-state index is 6.37. The van der Waals surface area contributed by atoms with Crippen molar-refractivity contribution < 1.29 is 4.74 Å². The number of aryl methyl sites for hydroxylation is 2. The van der Waals surface area contributed by atoms with Gasteiger partial charge in [0.05, 0.1) is 11.0 Å². The van der Waals surface area contributed by atoms with Crippen LogP contribution in [-0.2, 0) is 7.05 Å². The van der Waals surface area contributed by atoms with Gasteiger partial charge >= 0.3 is 0 Å². The summed E-state index contributed by atoms with van der Waals surface area (Å²) in [6.07, 6.45) is 4.85. The average Bonchev–Trinajstić information content (AvgIpc) is 2.94. The Bertz CT molecular complexity index is 909. The Labute approximate surface area is 156 Å². The SMILES string of the molecule is Cc1cc(-c2ccnc3ccn(C)c23)ccc1OCC(C)(N)CC(C)C. The number of benzene rings is 1. The molecule has 3 rings (SSSR count). The summed E-state index contributed by atoms with van der Waals surface area (Å²) in [7, 11) is 2.05. The van der Waals surface area contributed by atoms with Crippen LogP contribution in [-0.4, -0.2) is 21.7 Å². The topological polar surface area (TPSA) is 53.1 Å². The van der Waals surface area contributed by atoms with Gasteiger partial charge in [-0.05, 0) is 61.6 Å². The van der Waals surface area contributed by atoms with Crippen molar-refractivity contribution in [3.05, 3.63) is 48.3 Å². The van der Waals surface area contributed by atoms with Crippen molar-refractivity contribution in [1.29, 1.82) is 0 Å². The van der Waals surface area contributed by atoms with E-state index in [1.54, 1.807) is 0 Å². The monoisotopic (exact) mass is 351 g/mol. The highest BCUT2D eigenvalue weighted by molar-refractivity contribution is 5.92. The molecule has 0 amide bonds. The lowest BCUT2D eigenvalue weighted by atomic mass is 9.93. The number of hydrogen-bond donors (Lipinski definition) is 1. The first-order valence-corrected chi connectivity index (χ1v) is 9.19. The van der Waals surface area contributed by atoms with Gasteiger partial charge in [-0.25, -0.2) is 0 Å². The lowest BCUT2D eigenvalue weighted by molar-refractivity contribution is 0.206. The Hall–Kier alpha value is -2.33. The van der Waals surface area contributed by atoms with Crippen LogP contribution in [0.25, 0.3) is 22.2 Å². The molecule has 26 heavy (non-hydrogen) atoms. The van der Waals surface area contributed by atoms with E-state index in [0.29, 0.717) is 12.5 Å². The van der Waals surface area contributed by atoms with E-state index in [2.05, 4.69) is 62.5 Å². The molecule has 1 unspecified atom stereocenters. The Morgan fingerprint density at radius 3 is 2.69 bits per heavy atom. The van der Waals surface area contributed by atoms with E-state index in [0.717, 1.165) is 28.8 Å². The molecule has 1 atom stereocenters. The molecular weight excluding hydrogens is 322 g/mol. The second kappa shape index (κ2) is 7.12. The molecular formula is C22H29N3O. The number of ether oxygens (including phenoxy) is 1. The van der Waals surface area contributed by atoms with Gasteiger partial charge in [0, 0.05) is 30.5 Å². The van der Waals surface area contributed by atoms with Crippen molar-refractivity contribution in [3.8, 4) is 16.9 Å². The molecule has 1 aromatic carbocycles. The Kier molecular flexibility index (Phi) is 5.05. The van der Waals surface area contributed by atoms with E-state index >= 15 is 0 Å². The minimum atomic E-state index is -0.320. The fraction of sp³-hybridized carbons (Fsp3) is 0.409. The van der Waals surface area contributed by atoms with Gasteiger partial charge in [-0.15, -0.1) is 0 Å². The van der Waals surface area contributed by atoms with Crippen LogP contribution < -0.4 is 10.5 Å². The number of pyridine rings is 1. The normalized spacial score (nSPS) is 14.0. The predicted molar refractivity (Wildman–Crippen MR) is 108 cm³/mol. The average molecular weight is 351 g/mol. The number of nitrogens with two attached hydrogens (primary N) is 1. The van der Waals surface area contributed by atoms with Gasteiger partial charge in [0.25, 0.3) is 0 Å². The van der Waals surface area contributed by atoms with Crippen molar-refractivity contribution in [2.75, 3.05) is 6.61 Å². The number of aromatic nitrogens is 2. The van der Waals surface area contributed by atoms with Gasteiger partial charge in [-0.3, -0.25) is 4.98 Å². The van der Waals surface area contributed by atoms with Crippen LogP contribution in [0.1, 0.15) is 32.8 Å². The molecule has 138 valence electrons. The Morgan fingerprint density at radius 1 is 1.23 bits per heavy atom. The Morgan fingerprint density at radius 2 is 2.00 bits per heavy atom. The van der Waals surface area contributed by atoms with Crippen LogP contribution in [0.4, 0.5) is 0 Å². The fourth-order valence-electron chi connectivity index (χ4n) is 3.67. The maximum atomic E-state index is 6.37. The van der Waals surface area contributed by atoms with E-state index in [1.165, 1.54) is 11.1 Å². The summed E-state index contributed by atoms with van der Waals surface area (Å²) < 4.78 is 8.16. The first-order chi connectivity index (χ1) is 12.3. The summed E-state index contributed by atoms with van der Waals surface area (Å²) in [5.41, 5.74) is 11.7. The van der Waals surface area contributed by atoms with Gasteiger partial charge < -0.3 is 15.0 Å². The zero-order valence-electron chi connectivity index (χ0n) is 16.4. The second-order valence-electron chi connectivity index (χ2n) is 8.04. The molecule has 4 nitrogen and oxygen atoms in total. The molecule has 0 saturated heterocycles. The quantitative estimate of drug-likeness (QED) is 0.701. The molecule has 3 aromatic rings. The lowest BCUT2D eigenvalue weighted by Crippen LogP contribution is -2.43. The number of nitrogens with zero attached hydrogens (tertiary/aromatic N) is 2. The van der Waals surface area contributed by atoms with Crippen LogP contribution in [0.3, 0.4) is 0 Å². The fourth-order valence-corrected chi connectivity index (χ4v) is 3.67. The van der Waals surface area contributed by atoms with Crippen molar-refractivity contribution in [2.24, 2.45) is 18.7 Å². The van der Waals surface area contributed by atoms with E-state index in [-0.39, 0.29) is 5.54 Å². The first-order valence-electron chi connectivity index (χ1n) is 9.19. The third-order valence-corrected chi connectivity index (χ3v) is 4.68. The van der Waals surface area contributed by atoms with Crippen molar-refractivity contribution in [1.82, 2.24) is 9.55 Å². The summed E-state index contributed by atoms with van der Waals surface area (Å²) in [4.78, 5) is 4.45. The molecule has 0 bridgehead atoms. The molecule has 0 fully saturated rings. The van der Waals surface area contributed by atoms with Gasteiger partial charge in [-0.1, -0.05) is 19.9 Å². The predicted octanol–water partition coefficient (Wildman–Crippen LogP) is 4.69. The minimum Gasteiger partial charge on any atom is -0.491 e. The molecule has 0 aliphatic carbocycles. The third-order valence-electron chi connectivity index (χ3n) is 4.68. The van der Waals surface area contributed by atoms with Gasteiger partial charge in [0.1, 0.15) is 12.4 Å². The molecule has 2 N–H and O–H groups in total. The van der Waals surface area contributed by atoms with Crippen LogP contribution in [0.2, 0.25) is 0 Å². The molecule has 0 saturated carbocycles. The van der Waals surface area contributed by atoms with Gasteiger partial charge in [0.2, 0.25) is 0 Å². The van der Waals surface area contributed by atoms with Gasteiger partial charge in [-0.2, -0.15) is 0 Å². The largest absolute Gasteiger partial charge is 0.491 e. The highest BCUT2D eigenvalue weighted by Gasteiger charge is 2.21.